The molecule has 0 saturated heterocycles. The molecule has 0 aliphatic heterocycles. The topological polar surface area (TPSA) is 41.4 Å². The largest absolute Gasteiger partial charge is 0.355 e. The number of rotatable bonds is 5. The first-order valence-corrected chi connectivity index (χ1v) is 6.89. The van der Waals surface area contributed by atoms with E-state index < -0.39 is 0 Å². The maximum Gasteiger partial charge on any atom is 0.191 e. The van der Waals surface area contributed by atoms with Crippen molar-refractivity contribution in [2.45, 2.75) is 20.0 Å². The number of hydrogen-bond acceptors (Lipinski definition) is 1. The number of aliphatic imine (C=N–C) groups is 1. The molecule has 4 nitrogen and oxygen atoms in total. The highest BCUT2D eigenvalue weighted by molar-refractivity contribution is 14.0. The van der Waals surface area contributed by atoms with E-state index in [0.717, 1.165) is 25.6 Å². The van der Waals surface area contributed by atoms with Crippen LogP contribution in [-0.2, 0) is 13.1 Å². The number of halogens is 1. The van der Waals surface area contributed by atoms with Crippen LogP contribution in [0.25, 0.3) is 0 Å². The van der Waals surface area contributed by atoms with Gasteiger partial charge in [0.25, 0.3) is 0 Å². The fourth-order valence-corrected chi connectivity index (χ4v) is 2.03. The summed E-state index contributed by atoms with van der Waals surface area (Å²) in [6.45, 7) is 4.69. The highest BCUT2D eigenvalue weighted by Crippen LogP contribution is 2.05. The van der Waals surface area contributed by atoms with Gasteiger partial charge in [-0.2, -0.15) is 0 Å². The van der Waals surface area contributed by atoms with Crippen molar-refractivity contribution < 1.29 is 0 Å². The quantitative estimate of drug-likeness (QED) is 0.462. The van der Waals surface area contributed by atoms with Crippen molar-refractivity contribution in [2.75, 3.05) is 13.6 Å². The zero-order chi connectivity index (χ0) is 14.2. The Morgan fingerprint density at radius 3 is 2.48 bits per heavy atom. The van der Waals surface area contributed by atoms with Gasteiger partial charge in [-0.15, -0.1) is 24.0 Å². The number of hydrogen-bond donors (Lipinski definition) is 2. The maximum absolute atomic E-state index is 4.24. The molecule has 2 N–H and O–H groups in total. The van der Waals surface area contributed by atoms with Gasteiger partial charge in [0.05, 0.1) is 0 Å². The Labute approximate surface area is 143 Å². The number of nitrogens with zero attached hydrogens (tertiary/aromatic N) is 2. The van der Waals surface area contributed by atoms with Crippen molar-refractivity contribution in [1.82, 2.24) is 15.2 Å². The lowest BCUT2D eigenvalue weighted by atomic mass is 10.1. The van der Waals surface area contributed by atoms with Crippen LogP contribution in [0.3, 0.4) is 0 Å². The van der Waals surface area contributed by atoms with Gasteiger partial charge in [0, 0.05) is 39.1 Å². The van der Waals surface area contributed by atoms with Crippen LogP contribution in [0.5, 0.6) is 0 Å². The number of aryl methyl sites for hydroxylation is 1. The molecule has 1 aromatic heterocycles. The van der Waals surface area contributed by atoms with Crippen LogP contribution in [-0.4, -0.2) is 24.1 Å². The highest BCUT2D eigenvalue weighted by atomic mass is 127. The van der Waals surface area contributed by atoms with Crippen molar-refractivity contribution in [3.05, 3.63) is 59.9 Å². The fourth-order valence-electron chi connectivity index (χ4n) is 2.03. The smallest absolute Gasteiger partial charge is 0.191 e. The average Bonchev–Trinajstić information content (AvgIpc) is 2.97. The Bertz CT molecular complexity index is 549. The first-order chi connectivity index (χ1) is 9.79. The summed E-state index contributed by atoms with van der Waals surface area (Å²) in [4.78, 5) is 4.24. The summed E-state index contributed by atoms with van der Waals surface area (Å²) in [5, 5.41) is 6.65. The minimum Gasteiger partial charge on any atom is -0.355 e. The van der Waals surface area contributed by atoms with Gasteiger partial charge in [-0.3, -0.25) is 4.99 Å². The summed E-state index contributed by atoms with van der Waals surface area (Å²) in [6.07, 6.45) is 4.12. The molecule has 2 rings (SSSR count). The molecule has 0 fully saturated rings. The van der Waals surface area contributed by atoms with Crippen molar-refractivity contribution in [1.29, 1.82) is 0 Å². The third-order valence-electron chi connectivity index (χ3n) is 3.26. The normalized spacial score (nSPS) is 10.9. The van der Waals surface area contributed by atoms with E-state index in [2.05, 4.69) is 63.8 Å². The molecule has 1 heterocycles. The predicted octanol–water partition coefficient (Wildman–Crippen LogP) is 2.78. The Balaban J connectivity index is 0.00000220. The van der Waals surface area contributed by atoms with Crippen molar-refractivity contribution in [2.24, 2.45) is 4.99 Å². The molecular weight excluding hydrogens is 375 g/mol. The van der Waals surface area contributed by atoms with E-state index in [9.17, 15) is 0 Å². The molecular formula is C16H23IN4. The number of nitrogens with one attached hydrogen (secondary N) is 2. The second-order valence-corrected chi connectivity index (χ2v) is 4.70. The SMILES string of the molecule is CN=C(NCCn1cccc1)NCc1ccccc1C.I. The second-order valence-electron chi connectivity index (χ2n) is 4.70. The lowest BCUT2D eigenvalue weighted by molar-refractivity contribution is 0.665. The number of aromatic nitrogens is 1. The van der Waals surface area contributed by atoms with Gasteiger partial charge in [-0.25, -0.2) is 0 Å². The van der Waals surface area contributed by atoms with Gasteiger partial charge in [0.15, 0.2) is 5.96 Å². The lowest BCUT2D eigenvalue weighted by Gasteiger charge is -2.13. The van der Waals surface area contributed by atoms with E-state index in [0.29, 0.717) is 0 Å². The van der Waals surface area contributed by atoms with Crippen molar-refractivity contribution in [3.8, 4) is 0 Å². The van der Waals surface area contributed by atoms with E-state index in [1.54, 1.807) is 7.05 Å². The molecule has 21 heavy (non-hydrogen) atoms. The molecule has 0 bridgehead atoms. The van der Waals surface area contributed by atoms with Crippen LogP contribution >= 0.6 is 24.0 Å². The predicted molar refractivity (Wildman–Crippen MR) is 99.2 cm³/mol. The Morgan fingerprint density at radius 1 is 1.10 bits per heavy atom. The summed E-state index contributed by atoms with van der Waals surface area (Å²) in [5.41, 5.74) is 2.59. The standard InChI is InChI=1S/C16H22N4.HI/c1-14-7-3-4-8-15(14)13-19-16(17-2)18-9-12-20-10-5-6-11-20;/h3-8,10-11H,9,12-13H2,1-2H3,(H2,17,18,19);1H. The van der Waals surface area contributed by atoms with E-state index >= 15 is 0 Å². The van der Waals surface area contributed by atoms with Crippen LogP contribution in [0.15, 0.2) is 53.8 Å². The molecule has 0 aliphatic rings. The lowest BCUT2D eigenvalue weighted by Crippen LogP contribution is -2.38. The molecule has 0 unspecified atom stereocenters. The van der Waals surface area contributed by atoms with Crippen LogP contribution in [0.2, 0.25) is 0 Å². The molecule has 0 amide bonds. The molecule has 2 aromatic rings. The van der Waals surface area contributed by atoms with Gasteiger partial charge in [-0.05, 0) is 30.2 Å². The Kier molecular flexibility index (Phi) is 7.89. The zero-order valence-corrected chi connectivity index (χ0v) is 14.9. The Hall–Kier alpha value is -1.50. The van der Waals surface area contributed by atoms with E-state index in [4.69, 9.17) is 0 Å². The molecule has 114 valence electrons. The van der Waals surface area contributed by atoms with Gasteiger partial charge in [0.2, 0.25) is 0 Å². The summed E-state index contributed by atoms with van der Waals surface area (Å²) < 4.78 is 2.14. The molecule has 0 saturated carbocycles. The molecule has 0 atom stereocenters. The average molecular weight is 398 g/mol. The molecule has 0 aliphatic carbocycles. The maximum atomic E-state index is 4.24. The number of guanidine groups is 1. The summed E-state index contributed by atoms with van der Waals surface area (Å²) >= 11 is 0. The van der Waals surface area contributed by atoms with Gasteiger partial charge >= 0.3 is 0 Å². The monoisotopic (exact) mass is 398 g/mol. The summed E-state index contributed by atoms with van der Waals surface area (Å²) in [5.74, 6) is 0.834. The third-order valence-corrected chi connectivity index (χ3v) is 3.26. The minimum absolute atomic E-state index is 0. The number of benzene rings is 1. The van der Waals surface area contributed by atoms with Gasteiger partial charge in [-0.1, -0.05) is 24.3 Å². The second kappa shape index (κ2) is 9.44. The first-order valence-electron chi connectivity index (χ1n) is 6.89. The van der Waals surface area contributed by atoms with Gasteiger partial charge < -0.3 is 15.2 Å². The molecule has 0 radical (unpaired) electrons. The summed E-state index contributed by atoms with van der Waals surface area (Å²) in [6, 6.07) is 12.4. The minimum atomic E-state index is 0. The highest BCUT2D eigenvalue weighted by Gasteiger charge is 2.00. The van der Waals surface area contributed by atoms with Crippen molar-refractivity contribution in [3.63, 3.8) is 0 Å². The molecule has 5 heteroatoms. The zero-order valence-electron chi connectivity index (χ0n) is 12.5. The Morgan fingerprint density at radius 2 is 1.81 bits per heavy atom. The van der Waals surface area contributed by atoms with E-state index in [1.165, 1.54) is 11.1 Å². The van der Waals surface area contributed by atoms with Crippen LogP contribution in [0.1, 0.15) is 11.1 Å². The molecule has 1 aromatic carbocycles. The van der Waals surface area contributed by atoms with Crippen LogP contribution in [0.4, 0.5) is 0 Å². The van der Waals surface area contributed by atoms with Gasteiger partial charge in [0.1, 0.15) is 0 Å². The molecule has 0 spiro atoms. The van der Waals surface area contributed by atoms with Crippen LogP contribution < -0.4 is 10.6 Å². The van der Waals surface area contributed by atoms with Crippen molar-refractivity contribution >= 4 is 29.9 Å². The third kappa shape index (κ3) is 5.79. The van der Waals surface area contributed by atoms with Crippen LogP contribution in [0, 0.1) is 6.92 Å². The fraction of sp³-hybridized carbons (Fsp3) is 0.312. The van der Waals surface area contributed by atoms with E-state index in [-0.39, 0.29) is 24.0 Å². The summed E-state index contributed by atoms with van der Waals surface area (Å²) in [7, 11) is 1.79. The van der Waals surface area contributed by atoms with E-state index in [1.807, 2.05) is 12.1 Å². The first kappa shape index (κ1) is 17.6.